The maximum Gasteiger partial charge on any atom is 0.204 e. The lowest BCUT2D eigenvalue weighted by Gasteiger charge is -2.40. The van der Waals surface area contributed by atoms with E-state index in [9.17, 15) is 0 Å². The summed E-state index contributed by atoms with van der Waals surface area (Å²) in [5, 5.41) is 1.82. The second-order valence-electron chi connectivity index (χ2n) is 11.2. The maximum absolute atomic E-state index is 6.79. The monoisotopic (exact) mass is 601 g/mol. The lowest BCUT2D eigenvalue weighted by atomic mass is 9.92. The zero-order valence-corrected chi connectivity index (χ0v) is 25.6. The summed E-state index contributed by atoms with van der Waals surface area (Å²) < 4.78 is 26.4. The summed E-state index contributed by atoms with van der Waals surface area (Å²) in [6, 6.07) is 40.5. The van der Waals surface area contributed by atoms with Crippen LogP contribution in [0.15, 0.2) is 157 Å². The van der Waals surface area contributed by atoms with Crippen LogP contribution in [0.25, 0.3) is 0 Å². The minimum atomic E-state index is -0.903. The number of ether oxygens (including phenoxy) is 4. The van der Waals surface area contributed by atoms with Crippen LogP contribution in [0.1, 0.15) is 42.0 Å². The first-order valence-electron chi connectivity index (χ1n) is 15.5. The van der Waals surface area contributed by atoms with Crippen molar-refractivity contribution in [2.24, 2.45) is 0 Å². The maximum atomic E-state index is 6.79. The van der Waals surface area contributed by atoms with Crippen LogP contribution in [0, 0.1) is 0 Å². The minimum Gasteiger partial charge on any atom is -0.486 e. The molecule has 4 aromatic carbocycles. The number of hydroxylamine groups is 2. The van der Waals surface area contributed by atoms with Crippen molar-refractivity contribution in [3.05, 3.63) is 179 Å². The minimum absolute atomic E-state index is 0.278. The average molecular weight is 602 g/mol. The van der Waals surface area contributed by atoms with E-state index in [2.05, 4.69) is 37.3 Å². The molecule has 0 fully saturated rings. The fourth-order valence-corrected chi connectivity index (χ4v) is 5.40. The fraction of sp³-hybridized carbons (Fsp3) is 0.231. The van der Waals surface area contributed by atoms with Gasteiger partial charge in [0.25, 0.3) is 0 Å². The molecule has 0 aliphatic carbocycles. The number of hydrogen-bond donors (Lipinski definition) is 0. The zero-order valence-electron chi connectivity index (χ0n) is 25.6. The highest BCUT2D eigenvalue weighted by Crippen LogP contribution is 2.45. The molecule has 2 aliphatic rings. The molecule has 6 nitrogen and oxygen atoms in total. The summed E-state index contributed by atoms with van der Waals surface area (Å²) in [6.45, 7) is 3.90. The lowest BCUT2D eigenvalue weighted by molar-refractivity contribution is -0.145. The molecule has 4 aromatic rings. The molecular formula is C39H39NO5. The molecule has 0 unspecified atom stereocenters. The van der Waals surface area contributed by atoms with E-state index in [-0.39, 0.29) is 6.61 Å². The summed E-state index contributed by atoms with van der Waals surface area (Å²) in [4.78, 5) is 6.48. The van der Waals surface area contributed by atoms with E-state index in [4.69, 9.17) is 23.8 Å². The number of rotatable bonds is 15. The van der Waals surface area contributed by atoms with Gasteiger partial charge in [0, 0.05) is 6.42 Å². The number of hydrogen-bond acceptors (Lipinski definition) is 6. The normalized spacial score (nSPS) is 17.2. The van der Waals surface area contributed by atoms with E-state index < -0.39 is 5.54 Å². The van der Waals surface area contributed by atoms with Crippen molar-refractivity contribution < 1.29 is 23.8 Å². The highest BCUT2D eigenvalue weighted by Gasteiger charge is 2.52. The van der Waals surface area contributed by atoms with Gasteiger partial charge in [-0.3, -0.25) is 0 Å². The third-order valence-electron chi connectivity index (χ3n) is 7.69. The highest BCUT2D eigenvalue weighted by atomic mass is 16.7. The number of benzene rings is 4. The van der Waals surface area contributed by atoms with Gasteiger partial charge >= 0.3 is 0 Å². The summed E-state index contributed by atoms with van der Waals surface area (Å²) in [5.74, 6) is 2.50. The smallest absolute Gasteiger partial charge is 0.204 e. The van der Waals surface area contributed by atoms with Crippen LogP contribution < -0.4 is 0 Å². The molecule has 0 saturated carbocycles. The van der Waals surface area contributed by atoms with E-state index in [1.165, 1.54) is 0 Å². The zero-order chi connectivity index (χ0) is 30.7. The number of allylic oxidation sites excluding steroid dienone is 1. The Morgan fingerprint density at radius 1 is 0.600 bits per heavy atom. The molecule has 0 bridgehead atoms. The van der Waals surface area contributed by atoms with E-state index >= 15 is 0 Å². The Morgan fingerprint density at radius 3 is 1.62 bits per heavy atom. The first kappa shape index (κ1) is 30.1. The molecule has 45 heavy (non-hydrogen) atoms. The SMILES string of the molecule is CCCC1=C[C@@]2(COCc3ccccc3)C(OCc3ccccc3)=C(OCc3ccccc3)C(OCc3ccccc3)=CN2O1. The van der Waals surface area contributed by atoms with Gasteiger partial charge in [-0.2, -0.15) is 5.06 Å². The van der Waals surface area contributed by atoms with Gasteiger partial charge in [-0.15, -0.1) is 0 Å². The molecule has 1 atom stereocenters. The predicted molar refractivity (Wildman–Crippen MR) is 174 cm³/mol. The number of fused-ring (bicyclic) bond motifs is 1. The van der Waals surface area contributed by atoms with Crippen LogP contribution in [0.5, 0.6) is 0 Å². The lowest BCUT2D eigenvalue weighted by Crippen LogP contribution is -2.49. The summed E-state index contributed by atoms with van der Waals surface area (Å²) in [5.41, 5.74) is 3.31. The van der Waals surface area contributed by atoms with Crippen LogP contribution >= 0.6 is 0 Å². The first-order chi connectivity index (χ1) is 22.2. The van der Waals surface area contributed by atoms with Gasteiger partial charge in [-0.1, -0.05) is 128 Å². The largest absolute Gasteiger partial charge is 0.486 e. The van der Waals surface area contributed by atoms with E-state index in [0.29, 0.717) is 43.7 Å². The molecular weight excluding hydrogens is 562 g/mol. The van der Waals surface area contributed by atoms with Gasteiger partial charge in [-0.05, 0) is 34.8 Å². The standard InChI is InChI=1S/C39H39NO5/c1-2-15-35-24-39(30-41-26-31-16-7-3-8-17-31)38(44-29-34-22-13-6-14-23-34)37(43-28-33-20-11-5-12-21-33)36(25-40(39)45-35)42-27-32-18-9-4-10-19-32/h3-14,16-25H,2,15,26-30H2,1H3/t39-/m1/s1. The second kappa shape index (κ2) is 14.7. The van der Waals surface area contributed by atoms with Crippen molar-refractivity contribution >= 4 is 0 Å². The molecule has 0 saturated heterocycles. The number of nitrogens with zero attached hydrogens (tertiary/aromatic N) is 1. The van der Waals surface area contributed by atoms with E-state index in [1.54, 1.807) is 0 Å². The van der Waals surface area contributed by atoms with E-state index in [1.807, 2.05) is 108 Å². The van der Waals surface area contributed by atoms with Crippen molar-refractivity contribution in [1.82, 2.24) is 5.06 Å². The van der Waals surface area contributed by atoms with Gasteiger partial charge in [0.1, 0.15) is 25.6 Å². The topological polar surface area (TPSA) is 49.4 Å². The molecule has 2 heterocycles. The second-order valence-corrected chi connectivity index (χ2v) is 11.2. The third kappa shape index (κ3) is 7.41. The van der Waals surface area contributed by atoms with Crippen LogP contribution in [0.4, 0.5) is 0 Å². The van der Waals surface area contributed by atoms with Crippen LogP contribution in [-0.4, -0.2) is 17.2 Å². The van der Waals surface area contributed by atoms with E-state index in [0.717, 1.165) is 40.9 Å². The predicted octanol–water partition coefficient (Wildman–Crippen LogP) is 8.59. The van der Waals surface area contributed by atoms with Crippen LogP contribution in [-0.2, 0) is 50.2 Å². The van der Waals surface area contributed by atoms with Crippen molar-refractivity contribution in [3.8, 4) is 0 Å². The summed E-state index contributed by atoms with van der Waals surface area (Å²) >= 11 is 0. The fourth-order valence-electron chi connectivity index (χ4n) is 5.40. The molecule has 6 rings (SSSR count). The first-order valence-corrected chi connectivity index (χ1v) is 15.5. The Labute approximate surface area is 265 Å². The summed E-state index contributed by atoms with van der Waals surface area (Å²) in [7, 11) is 0. The molecule has 0 N–H and O–H groups in total. The Balaban J connectivity index is 1.40. The van der Waals surface area contributed by atoms with Crippen LogP contribution in [0.3, 0.4) is 0 Å². The van der Waals surface area contributed by atoms with Gasteiger partial charge < -0.3 is 23.8 Å². The van der Waals surface area contributed by atoms with Crippen molar-refractivity contribution in [1.29, 1.82) is 0 Å². The molecule has 6 heteroatoms. The quantitative estimate of drug-likeness (QED) is 0.136. The molecule has 0 aromatic heterocycles. The van der Waals surface area contributed by atoms with Gasteiger partial charge in [0.15, 0.2) is 17.1 Å². The summed E-state index contributed by atoms with van der Waals surface area (Å²) in [6.07, 6.45) is 5.71. The Hall–Kier alpha value is -4.94. The molecule has 0 radical (unpaired) electrons. The Bertz CT molecular complexity index is 1600. The average Bonchev–Trinajstić information content (AvgIpc) is 3.44. The Kier molecular flexibility index (Phi) is 9.83. The molecule has 0 spiro atoms. The van der Waals surface area contributed by atoms with Gasteiger partial charge in [0.05, 0.1) is 19.4 Å². The van der Waals surface area contributed by atoms with Gasteiger partial charge in [-0.25, -0.2) is 0 Å². The van der Waals surface area contributed by atoms with Crippen molar-refractivity contribution in [2.45, 2.75) is 51.7 Å². The Morgan fingerprint density at radius 2 is 1.09 bits per heavy atom. The highest BCUT2D eigenvalue weighted by molar-refractivity contribution is 5.42. The third-order valence-corrected chi connectivity index (χ3v) is 7.69. The van der Waals surface area contributed by atoms with Crippen LogP contribution in [0.2, 0.25) is 0 Å². The van der Waals surface area contributed by atoms with Gasteiger partial charge in [0.2, 0.25) is 5.76 Å². The molecule has 2 aliphatic heterocycles. The molecule has 230 valence electrons. The van der Waals surface area contributed by atoms with Crippen molar-refractivity contribution in [2.75, 3.05) is 6.61 Å². The molecule has 0 amide bonds. The van der Waals surface area contributed by atoms with Crippen molar-refractivity contribution in [3.63, 3.8) is 0 Å².